The highest BCUT2D eigenvalue weighted by atomic mass is 15.0. The van der Waals surface area contributed by atoms with Crippen molar-refractivity contribution in [1.82, 2.24) is 9.55 Å². The van der Waals surface area contributed by atoms with Crippen LogP contribution in [0.15, 0.2) is 182 Å². The number of pyridine rings is 1. The molecule has 0 spiro atoms. The number of allylic oxidation sites excluding steroid dienone is 4. The van der Waals surface area contributed by atoms with Gasteiger partial charge in [-0.1, -0.05) is 145 Å². The summed E-state index contributed by atoms with van der Waals surface area (Å²) in [6.45, 7) is 0. The Hall–Kier alpha value is -6.45. The Morgan fingerprint density at radius 2 is 1.21 bits per heavy atom. The molecule has 0 bridgehead atoms. The number of rotatable bonds is 5. The van der Waals surface area contributed by atoms with E-state index in [9.17, 15) is 0 Å². The summed E-state index contributed by atoms with van der Waals surface area (Å²) in [5, 5.41) is 7.41. The second kappa shape index (κ2) is 12.4. The van der Waals surface area contributed by atoms with Crippen LogP contribution in [0.4, 0.5) is 0 Å². The van der Waals surface area contributed by atoms with Gasteiger partial charge in [0.15, 0.2) is 0 Å². The standard InChI is InChI=1S/C49H33BN2/c50-38-18-10-19-39(31-38)52-46-26-25-36(30-45(46)44-24-11-27-51-49(44)52)34-15-8-14-33(28-34)35-16-9-17-37(29-35)48-42-22-6-4-20-40(42)47(32-12-2-1-3-13-32)41-21-5-7-23-43(41)48/h1-13,15-31,33H,14H2. The molecular formula is C49H33BN2. The first-order valence-corrected chi connectivity index (χ1v) is 17.9. The molecule has 1 atom stereocenters. The smallest absolute Gasteiger partial charge is 0.145 e. The van der Waals surface area contributed by atoms with Crippen LogP contribution in [0.2, 0.25) is 0 Å². The quantitative estimate of drug-likeness (QED) is 0.133. The van der Waals surface area contributed by atoms with Gasteiger partial charge in [0, 0.05) is 28.6 Å². The van der Waals surface area contributed by atoms with Crippen molar-refractivity contribution in [3.8, 4) is 27.9 Å². The molecule has 0 saturated carbocycles. The van der Waals surface area contributed by atoms with Gasteiger partial charge in [0.2, 0.25) is 0 Å². The molecule has 1 unspecified atom stereocenters. The predicted molar refractivity (Wildman–Crippen MR) is 221 cm³/mol. The van der Waals surface area contributed by atoms with Gasteiger partial charge in [-0.25, -0.2) is 4.98 Å². The number of hydrogen-bond acceptors (Lipinski definition) is 1. The first-order chi connectivity index (χ1) is 25.7. The van der Waals surface area contributed by atoms with Crippen LogP contribution in [0.25, 0.3) is 77.0 Å². The number of fused-ring (bicyclic) bond motifs is 5. The molecular weight excluding hydrogens is 627 g/mol. The van der Waals surface area contributed by atoms with Crippen molar-refractivity contribution in [3.63, 3.8) is 0 Å². The Morgan fingerprint density at radius 1 is 0.538 bits per heavy atom. The average molecular weight is 661 g/mol. The minimum absolute atomic E-state index is 0.257. The van der Waals surface area contributed by atoms with Crippen molar-refractivity contribution in [3.05, 3.63) is 193 Å². The summed E-state index contributed by atoms with van der Waals surface area (Å²) in [6.07, 6.45) is 9.87. The van der Waals surface area contributed by atoms with Crippen molar-refractivity contribution in [1.29, 1.82) is 0 Å². The van der Waals surface area contributed by atoms with Crippen LogP contribution in [-0.4, -0.2) is 17.4 Å². The Kier molecular flexibility index (Phi) is 7.25. The summed E-state index contributed by atoms with van der Waals surface area (Å²) in [5.41, 5.74) is 12.6. The monoisotopic (exact) mass is 660 g/mol. The van der Waals surface area contributed by atoms with Crippen molar-refractivity contribution >= 4 is 62.4 Å². The molecule has 2 heterocycles. The number of hydrogen-bond donors (Lipinski definition) is 0. The first-order valence-electron chi connectivity index (χ1n) is 17.9. The van der Waals surface area contributed by atoms with Crippen LogP contribution in [-0.2, 0) is 0 Å². The van der Waals surface area contributed by atoms with Crippen molar-refractivity contribution < 1.29 is 0 Å². The highest BCUT2D eigenvalue weighted by molar-refractivity contribution is 6.32. The second-order valence-corrected chi connectivity index (χ2v) is 13.7. The van der Waals surface area contributed by atoms with Gasteiger partial charge in [-0.2, -0.15) is 0 Å². The minimum atomic E-state index is 0.257. The molecule has 0 fully saturated rings. The van der Waals surface area contributed by atoms with Gasteiger partial charge in [-0.05, 0) is 103 Å². The average Bonchev–Trinajstić information content (AvgIpc) is 3.54. The van der Waals surface area contributed by atoms with Crippen LogP contribution >= 0.6 is 0 Å². The van der Waals surface area contributed by atoms with E-state index in [1.165, 1.54) is 65.9 Å². The van der Waals surface area contributed by atoms with Gasteiger partial charge in [0.05, 0.1) is 5.52 Å². The van der Waals surface area contributed by atoms with Gasteiger partial charge in [-0.3, -0.25) is 4.57 Å². The SMILES string of the molecule is [B]c1cccc(-n2c3ccc(C4=CC(c5cccc(-c6c7ccccc7c(-c7ccccc7)c7ccccc67)c5)CC=C4)cc3c3cccnc32)c1. The van der Waals surface area contributed by atoms with E-state index in [0.29, 0.717) is 0 Å². The third kappa shape index (κ3) is 5.00. The Morgan fingerprint density at radius 3 is 1.96 bits per heavy atom. The Labute approximate surface area is 304 Å². The lowest BCUT2D eigenvalue weighted by atomic mass is 9.83. The molecule has 10 rings (SSSR count). The van der Waals surface area contributed by atoms with E-state index >= 15 is 0 Å². The molecule has 0 N–H and O–H groups in total. The lowest BCUT2D eigenvalue weighted by Gasteiger charge is -2.20. The van der Waals surface area contributed by atoms with Gasteiger partial charge >= 0.3 is 0 Å². The number of nitrogens with zero attached hydrogens (tertiary/aromatic N) is 2. The summed E-state index contributed by atoms with van der Waals surface area (Å²) in [7, 11) is 6.21. The summed E-state index contributed by atoms with van der Waals surface area (Å²) >= 11 is 0. The van der Waals surface area contributed by atoms with Crippen LogP contribution < -0.4 is 5.46 Å². The van der Waals surface area contributed by atoms with Crippen LogP contribution in [0, 0.1) is 0 Å². The number of benzene rings is 7. The molecule has 0 aliphatic heterocycles. The maximum absolute atomic E-state index is 6.21. The molecule has 52 heavy (non-hydrogen) atoms. The van der Waals surface area contributed by atoms with Gasteiger partial charge in [-0.15, -0.1) is 0 Å². The molecule has 9 aromatic rings. The molecule has 2 radical (unpaired) electrons. The topological polar surface area (TPSA) is 17.8 Å². The molecule has 2 aromatic heterocycles. The summed E-state index contributed by atoms with van der Waals surface area (Å²) in [4.78, 5) is 4.80. The molecule has 2 nitrogen and oxygen atoms in total. The second-order valence-electron chi connectivity index (χ2n) is 13.7. The predicted octanol–water partition coefficient (Wildman–Crippen LogP) is 11.7. The van der Waals surface area contributed by atoms with E-state index in [4.69, 9.17) is 12.8 Å². The highest BCUT2D eigenvalue weighted by Crippen LogP contribution is 2.44. The zero-order valence-corrected chi connectivity index (χ0v) is 28.6. The van der Waals surface area contributed by atoms with Gasteiger partial charge in [0.25, 0.3) is 0 Å². The van der Waals surface area contributed by atoms with Gasteiger partial charge < -0.3 is 0 Å². The van der Waals surface area contributed by atoms with Crippen LogP contribution in [0.5, 0.6) is 0 Å². The van der Waals surface area contributed by atoms with Crippen LogP contribution in [0.1, 0.15) is 23.5 Å². The maximum Gasteiger partial charge on any atom is 0.145 e. The fourth-order valence-corrected chi connectivity index (χ4v) is 8.34. The van der Waals surface area contributed by atoms with Crippen molar-refractivity contribution in [2.45, 2.75) is 12.3 Å². The normalized spacial score (nSPS) is 14.4. The highest BCUT2D eigenvalue weighted by Gasteiger charge is 2.20. The van der Waals surface area contributed by atoms with E-state index in [-0.39, 0.29) is 5.92 Å². The third-order valence-corrected chi connectivity index (χ3v) is 10.7. The molecule has 1 aliphatic carbocycles. The molecule has 3 heteroatoms. The number of aromatic nitrogens is 2. The summed E-state index contributed by atoms with van der Waals surface area (Å²) in [6, 6.07) is 56.8. The van der Waals surface area contributed by atoms with E-state index in [1.54, 1.807) is 0 Å². The molecule has 1 aliphatic rings. The third-order valence-electron chi connectivity index (χ3n) is 10.7. The molecule has 242 valence electrons. The van der Waals surface area contributed by atoms with E-state index in [2.05, 4.69) is 156 Å². The largest absolute Gasteiger partial charge is 0.294 e. The fourth-order valence-electron chi connectivity index (χ4n) is 8.34. The van der Waals surface area contributed by atoms with Crippen LogP contribution in [0.3, 0.4) is 0 Å². The summed E-state index contributed by atoms with van der Waals surface area (Å²) < 4.78 is 2.21. The van der Waals surface area contributed by atoms with Crippen molar-refractivity contribution in [2.24, 2.45) is 0 Å². The summed E-state index contributed by atoms with van der Waals surface area (Å²) in [5.74, 6) is 0.257. The van der Waals surface area contributed by atoms with Gasteiger partial charge in [0.1, 0.15) is 13.5 Å². The molecule has 0 saturated heterocycles. The lowest BCUT2D eigenvalue weighted by Crippen LogP contribution is -2.04. The lowest BCUT2D eigenvalue weighted by molar-refractivity contribution is 0.857. The van der Waals surface area contributed by atoms with E-state index < -0.39 is 0 Å². The van der Waals surface area contributed by atoms with Crippen molar-refractivity contribution in [2.75, 3.05) is 0 Å². The van der Waals surface area contributed by atoms with E-state index in [1.807, 2.05) is 30.5 Å². The maximum atomic E-state index is 6.21. The fraction of sp³-hybridized carbons (Fsp3) is 0.0408. The molecule has 7 aromatic carbocycles. The molecule has 0 amide bonds. The Balaban J connectivity index is 1.08. The minimum Gasteiger partial charge on any atom is -0.294 e. The zero-order chi connectivity index (χ0) is 34.6. The first kappa shape index (κ1) is 30.4. The van der Waals surface area contributed by atoms with E-state index in [0.717, 1.165) is 34.1 Å². The zero-order valence-electron chi connectivity index (χ0n) is 28.6. The Bertz CT molecular complexity index is 2840.